The molecule has 2 bridgehead atoms. The summed E-state index contributed by atoms with van der Waals surface area (Å²) >= 11 is 0. The molecule has 0 atom stereocenters. The molecule has 0 unspecified atom stereocenters. The van der Waals surface area contributed by atoms with E-state index in [1.807, 2.05) is 24.7 Å². The van der Waals surface area contributed by atoms with Crippen LogP contribution in [0.25, 0.3) is 27.5 Å². The molecular formula is C47H47F6N11O6. The number of hydrogen-bond acceptors (Lipinski definition) is 11. The van der Waals surface area contributed by atoms with Crippen molar-refractivity contribution in [3.8, 4) is 16.9 Å². The topological polar surface area (TPSA) is 203 Å². The Kier molecular flexibility index (Phi) is 12.9. The molecule has 5 aliphatic rings. The van der Waals surface area contributed by atoms with Crippen molar-refractivity contribution in [3.63, 3.8) is 0 Å². The number of aromatic nitrogens is 6. The number of phenolic OH excluding ortho intramolecular Hbond substituents is 1. The number of aryl methyl sites for hydroxylation is 1. The Morgan fingerprint density at radius 1 is 0.843 bits per heavy atom. The zero-order valence-electron chi connectivity index (χ0n) is 37.5. The van der Waals surface area contributed by atoms with Gasteiger partial charge in [-0.2, -0.15) is 27.8 Å². The minimum atomic E-state index is -5.08. The maximum atomic E-state index is 14.3. The third-order valence-electron chi connectivity index (χ3n) is 14.1. The molecule has 3 saturated carbocycles. The van der Waals surface area contributed by atoms with Crippen LogP contribution in [0.5, 0.6) is 5.75 Å². The molecule has 0 spiro atoms. The monoisotopic (exact) mass is 975 g/mol. The SMILES string of the molecule is O=C(O)C(F)(F)F.O=C1CCN(c2cnn3cc(CCCN4CCN(c5ncc(-c6ccc7cn(C89CCC(CNC(=O)c%10cc(F)c(O)c(F)c%10F)(CC8)CC9)nc7c6)cn5)CC4)ccc23)C(=O)N1. The summed E-state index contributed by atoms with van der Waals surface area (Å²) in [5, 5.41) is 32.1. The van der Waals surface area contributed by atoms with Crippen LogP contribution in [0.3, 0.4) is 0 Å². The normalized spacial score (nSPS) is 20.7. The Hall–Kier alpha value is -7.30. The second kappa shape index (κ2) is 18.9. The molecule has 11 rings (SSSR count). The van der Waals surface area contributed by atoms with Gasteiger partial charge in [0.2, 0.25) is 17.7 Å². The largest absolute Gasteiger partial charge is 0.503 e. The second-order valence-corrected chi connectivity index (χ2v) is 18.3. The number of aliphatic carboxylic acids is 1. The fourth-order valence-electron chi connectivity index (χ4n) is 9.88. The van der Waals surface area contributed by atoms with Gasteiger partial charge in [0.05, 0.1) is 34.0 Å². The van der Waals surface area contributed by atoms with Gasteiger partial charge in [-0.05, 0) is 92.7 Å². The number of phenols is 1. The first-order valence-electron chi connectivity index (χ1n) is 22.7. The summed E-state index contributed by atoms with van der Waals surface area (Å²) in [6, 6.07) is 10.4. The Labute approximate surface area is 395 Å². The molecule has 368 valence electrons. The van der Waals surface area contributed by atoms with Crippen molar-refractivity contribution < 1.29 is 55.7 Å². The number of anilines is 2. The van der Waals surface area contributed by atoms with E-state index in [4.69, 9.17) is 25.0 Å². The molecule has 2 saturated heterocycles. The molecule has 3 aliphatic carbocycles. The summed E-state index contributed by atoms with van der Waals surface area (Å²) in [4.78, 5) is 61.3. The van der Waals surface area contributed by atoms with E-state index in [-0.39, 0.29) is 29.8 Å². The molecule has 0 radical (unpaired) electrons. The van der Waals surface area contributed by atoms with Crippen molar-refractivity contribution >= 4 is 51.9 Å². The summed E-state index contributed by atoms with van der Waals surface area (Å²) < 4.78 is 77.7. The number of urea groups is 1. The molecule has 6 aromatic rings. The van der Waals surface area contributed by atoms with Crippen molar-refractivity contribution in [1.29, 1.82) is 0 Å². The quantitative estimate of drug-likeness (QED) is 0.0804. The summed E-state index contributed by atoms with van der Waals surface area (Å²) in [5.41, 5.74) is 4.32. The molecule has 5 fully saturated rings. The molecule has 4 amide bonds. The van der Waals surface area contributed by atoms with E-state index in [0.29, 0.717) is 24.2 Å². The number of nitrogens with zero attached hydrogens (tertiary/aromatic N) is 9. The summed E-state index contributed by atoms with van der Waals surface area (Å²) in [7, 11) is 0. The van der Waals surface area contributed by atoms with Crippen LogP contribution in [0, 0.1) is 22.9 Å². The number of hydrogen-bond donors (Lipinski definition) is 4. The molecule has 17 nitrogen and oxygen atoms in total. The fraction of sp³-hybridized carbons (Fsp3) is 0.404. The van der Waals surface area contributed by atoms with Crippen molar-refractivity contribution in [2.24, 2.45) is 5.41 Å². The number of amides is 4. The minimum Gasteiger partial charge on any atom is -0.503 e. The Bertz CT molecular complexity index is 2970. The van der Waals surface area contributed by atoms with Crippen LogP contribution in [0.4, 0.5) is 42.8 Å². The van der Waals surface area contributed by atoms with Crippen molar-refractivity contribution in [1.82, 2.24) is 44.9 Å². The number of alkyl halides is 3. The molecule has 2 aliphatic heterocycles. The zero-order chi connectivity index (χ0) is 49.5. The number of halogens is 6. The van der Waals surface area contributed by atoms with Crippen LogP contribution >= 0.6 is 0 Å². The Morgan fingerprint density at radius 3 is 2.21 bits per heavy atom. The van der Waals surface area contributed by atoms with E-state index in [2.05, 4.69) is 60.7 Å². The van der Waals surface area contributed by atoms with E-state index in [1.54, 1.807) is 15.6 Å². The number of imide groups is 1. The smallest absolute Gasteiger partial charge is 0.490 e. The van der Waals surface area contributed by atoms with Crippen LogP contribution in [-0.4, -0.2) is 120 Å². The number of carboxylic acid groups (broad SMARTS) is 1. The van der Waals surface area contributed by atoms with Gasteiger partial charge in [-0.1, -0.05) is 18.2 Å². The molecule has 6 heterocycles. The van der Waals surface area contributed by atoms with Gasteiger partial charge in [0.25, 0.3) is 5.91 Å². The number of piperazine rings is 1. The first kappa shape index (κ1) is 47.8. The number of fused-ring (bicyclic) bond motifs is 5. The van der Waals surface area contributed by atoms with Gasteiger partial charge < -0.3 is 20.4 Å². The lowest BCUT2D eigenvalue weighted by molar-refractivity contribution is -0.192. The average molecular weight is 976 g/mol. The Balaban J connectivity index is 0.000000810. The maximum absolute atomic E-state index is 14.3. The summed E-state index contributed by atoms with van der Waals surface area (Å²) in [5.74, 6) is -9.40. The lowest BCUT2D eigenvalue weighted by Crippen LogP contribution is -2.51. The van der Waals surface area contributed by atoms with Gasteiger partial charge in [-0.25, -0.2) is 32.9 Å². The highest BCUT2D eigenvalue weighted by Crippen LogP contribution is 2.55. The second-order valence-electron chi connectivity index (χ2n) is 18.3. The predicted molar refractivity (Wildman–Crippen MR) is 241 cm³/mol. The average Bonchev–Trinajstić information content (AvgIpc) is 3.99. The summed E-state index contributed by atoms with van der Waals surface area (Å²) in [6.07, 6.45) is 11.6. The lowest BCUT2D eigenvalue weighted by atomic mass is 9.57. The van der Waals surface area contributed by atoms with Crippen LogP contribution in [-0.2, 0) is 21.5 Å². The van der Waals surface area contributed by atoms with Gasteiger partial charge in [0, 0.05) is 81.4 Å². The molecule has 4 N–H and O–H groups in total. The first-order valence-corrected chi connectivity index (χ1v) is 22.7. The molecule has 4 aromatic heterocycles. The third kappa shape index (κ3) is 9.65. The zero-order valence-corrected chi connectivity index (χ0v) is 37.5. The number of pyridine rings is 1. The van der Waals surface area contributed by atoms with E-state index in [1.165, 1.54) is 0 Å². The number of nitrogens with one attached hydrogen (secondary N) is 2. The third-order valence-corrected chi connectivity index (χ3v) is 14.1. The summed E-state index contributed by atoms with van der Waals surface area (Å²) in [6.45, 7) is 5.07. The van der Waals surface area contributed by atoms with E-state index in [0.717, 1.165) is 117 Å². The Morgan fingerprint density at radius 2 is 1.54 bits per heavy atom. The number of aromatic hydroxyl groups is 1. The predicted octanol–water partition coefficient (Wildman–Crippen LogP) is 6.58. The highest BCUT2D eigenvalue weighted by atomic mass is 19.4. The number of benzene rings is 2. The van der Waals surface area contributed by atoms with Gasteiger partial charge >= 0.3 is 18.2 Å². The number of carboxylic acids is 1. The molecule has 70 heavy (non-hydrogen) atoms. The molecular weight excluding hydrogens is 929 g/mol. The van der Waals surface area contributed by atoms with E-state index < -0.39 is 52.8 Å². The van der Waals surface area contributed by atoms with Crippen molar-refractivity contribution in [2.45, 2.75) is 69.5 Å². The highest BCUT2D eigenvalue weighted by molar-refractivity contribution is 6.07. The number of carbonyl (C=O) groups is 4. The van der Waals surface area contributed by atoms with E-state index in [9.17, 15) is 45.8 Å². The van der Waals surface area contributed by atoms with Crippen LogP contribution in [0.2, 0.25) is 0 Å². The molecule has 2 aromatic carbocycles. The molecule has 23 heteroatoms. The fourth-order valence-corrected chi connectivity index (χ4v) is 9.88. The highest BCUT2D eigenvalue weighted by Gasteiger charge is 2.50. The van der Waals surface area contributed by atoms with E-state index >= 15 is 0 Å². The lowest BCUT2D eigenvalue weighted by Gasteiger charge is -2.53. The van der Waals surface area contributed by atoms with Crippen LogP contribution < -0.4 is 20.4 Å². The number of carbonyl (C=O) groups excluding carboxylic acids is 3. The van der Waals surface area contributed by atoms with Crippen molar-refractivity contribution in [3.05, 3.63) is 96.0 Å². The standard InChI is InChI=1S/C45H46F3N11O4.C2HF3O2/c46-33-21-32(38(47)39(48)40(33)61)41(62)51-27-44-8-11-45(12-9-44,13-10-44)59-26-30-5-4-29(20-34(30)54-59)31-22-49-42(50-23-31)56-18-16-55(17-19-56)14-1-2-28-3-6-35-36(24-52-58(35)25-28)57-15-7-37(60)53-43(57)63;3-2(4,5)1(6)7/h3-6,20-26,61H,1-2,7-19,27H2,(H,51,62)(H,53,60,63);(H,6,7). The number of rotatable bonds is 11. The van der Waals surface area contributed by atoms with Gasteiger partial charge in [-0.3, -0.25) is 29.4 Å². The first-order chi connectivity index (χ1) is 33.4. The maximum Gasteiger partial charge on any atom is 0.490 e. The van der Waals surface area contributed by atoms with Gasteiger partial charge in [-0.15, -0.1) is 0 Å². The van der Waals surface area contributed by atoms with Crippen LogP contribution in [0.1, 0.15) is 67.3 Å². The van der Waals surface area contributed by atoms with Crippen LogP contribution in [0.15, 0.2) is 67.4 Å². The minimum absolute atomic E-state index is 0.156. The van der Waals surface area contributed by atoms with Crippen molar-refractivity contribution in [2.75, 3.05) is 55.6 Å². The van der Waals surface area contributed by atoms with Gasteiger partial charge in [0.15, 0.2) is 17.4 Å². The van der Waals surface area contributed by atoms with Gasteiger partial charge in [0.1, 0.15) is 0 Å².